The Balaban J connectivity index is 0.000000605. The smallest absolute Gasteiger partial charge is 0.102 e. The van der Waals surface area contributed by atoms with Gasteiger partial charge < -0.3 is 22.3 Å². The zero-order chi connectivity index (χ0) is 6.81. The number of hydrogen-bond donors (Lipinski definition) is 1. The summed E-state index contributed by atoms with van der Waals surface area (Å²) in [6, 6.07) is 8.72. The Morgan fingerprint density at radius 2 is 1.82 bits per heavy atom. The van der Waals surface area contributed by atoms with Gasteiger partial charge in [-0.25, -0.2) is 0 Å². The van der Waals surface area contributed by atoms with E-state index >= 15 is 0 Å². The topological polar surface area (TPSA) is 16.6 Å². The molecule has 1 aromatic rings. The van der Waals surface area contributed by atoms with Gasteiger partial charge in [0.15, 0.2) is 0 Å². The highest BCUT2D eigenvalue weighted by molar-refractivity contribution is 5.27. The number of quaternary nitrogens is 1. The molecule has 2 N–H and O–H groups in total. The molecule has 2 rings (SSSR count). The first-order valence-electron chi connectivity index (χ1n) is 3.85. The lowest BCUT2D eigenvalue weighted by molar-refractivity contribution is -0.673. The summed E-state index contributed by atoms with van der Waals surface area (Å²) < 4.78 is 0. The Kier molecular flexibility index (Phi) is 3.09. The summed E-state index contributed by atoms with van der Waals surface area (Å²) in [5.74, 6) is 0. The van der Waals surface area contributed by atoms with Gasteiger partial charge in [0.1, 0.15) is 6.54 Å². The van der Waals surface area contributed by atoms with Crippen molar-refractivity contribution < 1.29 is 22.3 Å². The third-order valence-electron chi connectivity index (χ3n) is 2.10. The van der Waals surface area contributed by atoms with Crippen molar-refractivity contribution in [3.05, 3.63) is 35.4 Å². The van der Waals surface area contributed by atoms with E-state index in [-0.39, 0.29) is 17.0 Å². The van der Waals surface area contributed by atoms with Crippen molar-refractivity contribution in [1.29, 1.82) is 0 Å². The number of halogens is 1. The molecule has 1 nitrogen and oxygen atoms in total. The summed E-state index contributed by atoms with van der Waals surface area (Å²) in [5.41, 5.74) is 3.07. The van der Waals surface area contributed by atoms with Gasteiger partial charge >= 0.3 is 0 Å². The molecule has 0 amide bonds. The summed E-state index contributed by atoms with van der Waals surface area (Å²) in [6.45, 7) is 2.44. The van der Waals surface area contributed by atoms with Crippen molar-refractivity contribution in [2.24, 2.45) is 0 Å². The summed E-state index contributed by atoms with van der Waals surface area (Å²) in [7, 11) is 0. The second-order valence-corrected chi connectivity index (χ2v) is 2.80. The molecule has 0 saturated carbocycles. The maximum atomic E-state index is 2.36. The van der Waals surface area contributed by atoms with Crippen molar-refractivity contribution >= 4 is 0 Å². The van der Waals surface area contributed by atoms with Crippen LogP contribution < -0.4 is 22.3 Å². The number of benzene rings is 1. The number of nitrogens with two attached hydrogens (primary N) is 1. The van der Waals surface area contributed by atoms with E-state index in [0.29, 0.717) is 0 Å². The van der Waals surface area contributed by atoms with E-state index in [2.05, 4.69) is 29.6 Å². The van der Waals surface area contributed by atoms with Gasteiger partial charge in [0.05, 0.1) is 6.54 Å². The molecule has 0 fully saturated rings. The Hall–Kier alpha value is -0.340. The molecule has 1 aromatic carbocycles. The van der Waals surface area contributed by atoms with Gasteiger partial charge in [-0.15, -0.1) is 0 Å². The van der Waals surface area contributed by atoms with E-state index in [1.165, 1.54) is 25.1 Å². The average Bonchev–Trinajstić information content (AvgIpc) is 2.05. The monoisotopic (exact) mass is 213 g/mol. The van der Waals surface area contributed by atoms with Crippen molar-refractivity contribution in [2.45, 2.75) is 13.0 Å². The summed E-state index contributed by atoms with van der Waals surface area (Å²) in [5, 5.41) is 2.36. The van der Waals surface area contributed by atoms with Crippen molar-refractivity contribution in [3.63, 3.8) is 0 Å². The summed E-state index contributed by atoms with van der Waals surface area (Å²) in [6.07, 6.45) is 1.25. The fourth-order valence-corrected chi connectivity index (χ4v) is 1.52. The third kappa shape index (κ3) is 1.82. The largest absolute Gasteiger partial charge is 1.00 e. The number of hydrogen-bond acceptors (Lipinski definition) is 0. The predicted octanol–water partition coefficient (Wildman–Crippen LogP) is -2.69. The highest BCUT2D eigenvalue weighted by Gasteiger charge is 2.08. The first kappa shape index (κ1) is 8.75. The molecule has 11 heavy (non-hydrogen) atoms. The molecule has 0 saturated heterocycles. The van der Waals surface area contributed by atoms with E-state index in [1.807, 2.05) is 0 Å². The molecule has 60 valence electrons. The molecule has 0 spiro atoms. The summed E-state index contributed by atoms with van der Waals surface area (Å²) >= 11 is 0. The van der Waals surface area contributed by atoms with Crippen LogP contribution in [0.5, 0.6) is 0 Å². The van der Waals surface area contributed by atoms with Crippen molar-refractivity contribution in [2.75, 3.05) is 6.54 Å². The molecule has 1 aliphatic rings. The minimum atomic E-state index is 0. The van der Waals surface area contributed by atoms with Crippen LogP contribution in [0.25, 0.3) is 0 Å². The summed E-state index contributed by atoms with van der Waals surface area (Å²) in [4.78, 5) is 0. The molecule has 0 bridgehead atoms. The zero-order valence-electron chi connectivity index (χ0n) is 6.39. The van der Waals surface area contributed by atoms with Crippen molar-refractivity contribution in [1.82, 2.24) is 0 Å². The quantitative estimate of drug-likeness (QED) is 0.484. The fraction of sp³-hybridized carbons (Fsp3) is 0.333. The normalized spacial score (nSPS) is 14.9. The van der Waals surface area contributed by atoms with Gasteiger partial charge in [-0.2, -0.15) is 0 Å². The first-order valence-corrected chi connectivity index (χ1v) is 3.85. The second kappa shape index (κ2) is 3.88. The molecule has 1 heterocycles. The minimum absolute atomic E-state index is 0. The van der Waals surface area contributed by atoms with Crippen LogP contribution in [0.2, 0.25) is 0 Å². The van der Waals surface area contributed by atoms with Crippen LogP contribution in [0.1, 0.15) is 11.1 Å². The molecule has 0 aromatic heterocycles. The van der Waals surface area contributed by atoms with E-state index in [0.717, 1.165) is 0 Å². The van der Waals surface area contributed by atoms with Gasteiger partial charge in [0.2, 0.25) is 0 Å². The Bertz CT molecular complexity index is 210. The Morgan fingerprint density at radius 1 is 1.09 bits per heavy atom. The lowest BCUT2D eigenvalue weighted by atomic mass is 10.0. The molecular formula is C9H12BrN. The van der Waals surface area contributed by atoms with Crippen molar-refractivity contribution in [3.8, 4) is 0 Å². The SMILES string of the molecule is [Br-].c1ccc2c(c1)CC[NH2+]C2. The van der Waals surface area contributed by atoms with Gasteiger partial charge in [-0.05, 0) is 5.56 Å². The lowest BCUT2D eigenvalue weighted by Gasteiger charge is -2.12. The van der Waals surface area contributed by atoms with Crippen LogP contribution >= 0.6 is 0 Å². The fourth-order valence-electron chi connectivity index (χ4n) is 1.52. The Morgan fingerprint density at radius 3 is 2.55 bits per heavy atom. The van der Waals surface area contributed by atoms with Crippen LogP contribution in [-0.2, 0) is 13.0 Å². The van der Waals surface area contributed by atoms with E-state index < -0.39 is 0 Å². The lowest BCUT2D eigenvalue weighted by Crippen LogP contribution is -3.00. The molecule has 0 atom stereocenters. The molecule has 1 aliphatic heterocycles. The molecule has 0 radical (unpaired) electrons. The van der Waals surface area contributed by atoms with Gasteiger partial charge in [-0.3, -0.25) is 0 Å². The zero-order valence-corrected chi connectivity index (χ0v) is 7.97. The maximum Gasteiger partial charge on any atom is 0.102 e. The third-order valence-corrected chi connectivity index (χ3v) is 2.10. The molecule has 2 heteroatoms. The first-order chi connectivity index (χ1) is 4.97. The van der Waals surface area contributed by atoms with Crippen LogP contribution in [0.15, 0.2) is 24.3 Å². The van der Waals surface area contributed by atoms with E-state index in [9.17, 15) is 0 Å². The second-order valence-electron chi connectivity index (χ2n) is 2.80. The molecular weight excluding hydrogens is 202 g/mol. The predicted molar refractivity (Wildman–Crippen MR) is 40.6 cm³/mol. The van der Waals surface area contributed by atoms with Crippen LogP contribution in [0.3, 0.4) is 0 Å². The maximum absolute atomic E-state index is 2.36. The highest BCUT2D eigenvalue weighted by Crippen LogP contribution is 2.08. The molecule has 0 unspecified atom stereocenters. The average molecular weight is 214 g/mol. The standard InChI is InChI=1S/C9H11N.BrH/c1-2-4-9-7-10-6-5-8(9)3-1;/h1-4,10H,5-7H2;1H. The molecule has 0 aliphatic carbocycles. The van der Waals surface area contributed by atoms with Gasteiger partial charge in [-0.1, -0.05) is 24.3 Å². The Labute approximate surface area is 77.6 Å². The number of fused-ring (bicyclic) bond motifs is 1. The van der Waals surface area contributed by atoms with E-state index in [4.69, 9.17) is 0 Å². The van der Waals surface area contributed by atoms with E-state index in [1.54, 1.807) is 5.56 Å². The minimum Gasteiger partial charge on any atom is -1.00 e. The van der Waals surface area contributed by atoms with Crippen LogP contribution in [-0.4, -0.2) is 6.54 Å². The van der Waals surface area contributed by atoms with Gasteiger partial charge in [0, 0.05) is 12.0 Å². The number of rotatable bonds is 0. The van der Waals surface area contributed by atoms with Gasteiger partial charge in [0.25, 0.3) is 0 Å². The van der Waals surface area contributed by atoms with Crippen LogP contribution in [0.4, 0.5) is 0 Å². The van der Waals surface area contributed by atoms with Crippen LogP contribution in [0, 0.1) is 0 Å². The highest BCUT2D eigenvalue weighted by atomic mass is 79.9.